The second kappa shape index (κ2) is 11.1. The fourth-order valence-corrected chi connectivity index (χ4v) is 6.59. The van der Waals surface area contributed by atoms with Gasteiger partial charge in [-0.3, -0.25) is 5.73 Å². The van der Waals surface area contributed by atoms with Crippen molar-refractivity contribution in [1.82, 2.24) is 4.57 Å². The number of anilines is 1. The maximum absolute atomic E-state index is 6.60. The molecule has 10 heteroatoms. The Bertz CT molecular complexity index is 1140. The summed E-state index contributed by atoms with van der Waals surface area (Å²) in [6.45, 7) is 0. The predicted octanol–water partition coefficient (Wildman–Crippen LogP) is 4.85. The Morgan fingerprint density at radius 2 is 1.45 bits per heavy atom. The van der Waals surface area contributed by atoms with Gasteiger partial charge in [-0.1, -0.05) is 58.9 Å². The summed E-state index contributed by atoms with van der Waals surface area (Å²) in [6, 6.07) is 19.8. The highest BCUT2D eigenvalue weighted by atomic mass is 79.9. The van der Waals surface area contributed by atoms with E-state index in [-0.39, 0.29) is 12.4 Å². The fraction of sp³-hybridized carbons (Fsp3) is 0.0952. The van der Waals surface area contributed by atoms with E-state index < -0.39 is 0 Å². The summed E-state index contributed by atoms with van der Waals surface area (Å²) in [6.07, 6.45) is 0. The summed E-state index contributed by atoms with van der Waals surface area (Å²) in [4.78, 5) is 2.15. The van der Waals surface area contributed by atoms with E-state index in [2.05, 4.69) is 53.1 Å². The minimum atomic E-state index is 0. The number of nitrogen functional groups attached to an aromatic ring is 1. The summed E-state index contributed by atoms with van der Waals surface area (Å²) in [5.74, 6) is 2.04. The van der Waals surface area contributed by atoms with Crippen molar-refractivity contribution in [2.24, 2.45) is 0 Å². The molecular formula is C21H16Br2Cl3N3S2. The highest BCUT2D eigenvalue weighted by Gasteiger charge is 2.21. The van der Waals surface area contributed by atoms with Crippen molar-refractivity contribution in [2.75, 3.05) is 5.73 Å². The van der Waals surface area contributed by atoms with Crippen LogP contribution in [0.5, 0.6) is 0 Å². The van der Waals surface area contributed by atoms with Crippen LogP contribution in [-0.2, 0) is 11.8 Å². The summed E-state index contributed by atoms with van der Waals surface area (Å²) < 4.78 is 6.28. The number of rotatable bonds is 6. The average Bonchev–Trinajstić information content (AvgIpc) is 3.00. The molecule has 2 N–H and O–H groups in total. The Kier molecular flexibility index (Phi) is 8.95. The topological polar surface area (TPSA) is 34.8 Å². The van der Waals surface area contributed by atoms with Crippen LogP contribution in [0.3, 0.4) is 0 Å². The number of aromatic nitrogens is 2. The van der Waals surface area contributed by atoms with E-state index in [0.29, 0.717) is 27.7 Å². The van der Waals surface area contributed by atoms with Gasteiger partial charge in [-0.05, 0) is 80.4 Å². The van der Waals surface area contributed by atoms with Gasteiger partial charge in [-0.25, -0.2) is 9.13 Å². The minimum absolute atomic E-state index is 0. The summed E-state index contributed by atoms with van der Waals surface area (Å²) in [5, 5.41) is 1.43. The van der Waals surface area contributed by atoms with Crippen LogP contribution in [0.15, 0.2) is 79.4 Å². The molecule has 1 aromatic heterocycles. The third kappa shape index (κ3) is 5.69. The minimum Gasteiger partial charge on any atom is -1.00 e. The number of hydrogen-bond donors (Lipinski definition) is 1. The van der Waals surface area contributed by atoms with Gasteiger partial charge in [0.05, 0.1) is 0 Å². The predicted molar refractivity (Wildman–Crippen MR) is 137 cm³/mol. The number of hydrogen-bond acceptors (Lipinski definition) is 3. The van der Waals surface area contributed by atoms with Crippen LogP contribution in [0.1, 0.15) is 0 Å². The molecule has 0 bridgehead atoms. The first-order valence-electron chi connectivity index (χ1n) is 8.86. The van der Waals surface area contributed by atoms with Crippen molar-refractivity contribution in [1.29, 1.82) is 0 Å². The van der Waals surface area contributed by atoms with Gasteiger partial charge in [-0.2, -0.15) is 0 Å². The van der Waals surface area contributed by atoms with Crippen LogP contribution < -0.4 is 22.7 Å². The van der Waals surface area contributed by atoms with Gasteiger partial charge in [0.15, 0.2) is 0 Å². The van der Waals surface area contributed by atoms with E-state index in [9.17, 15) is 0 Å². The number of nitrogens with zero attached hydrogens (tertiary/aromatic N) is 2. The van der Waals surface area contributed by atoms with E-state index >= 15 is 0 Å². The SMILES string of the molecule is Nc1n(CSc2cc(Cl)ccc2Br)c2ccccc2[n+]1CSc1cc(Cl)ccc1Br.[Cl-]. The zero-order valence-corrected chi connectivity index (χ0v) is 22.9. The van der Waals surface area contributed by atoms with Gasteiger partial charge >= 0.3 is 5.95 Å². The molecule has 0 saturated carbocycles. The zero-order chi connectivity index (χ0) is 21.3. The molecule has 3 nitrogen and oxygen atoms in total. The average molecular weight is 641 g/mol. The molecule has 31 heavy (non-hydrogen) atoms. The standard InChI is InChI=1S/C21H15Br2Cl2N3S2.ClH/c22-15-7-5-13(24)9-19(15)29-11-27-17-3-1-2-4-18(17)28(21(27)26)12-30-20-10-14(25)6-8-16(20)23;/h1-10,26H,11-12H2;1H. The van der Waals surface area contributed by atoms with E-state index in [1.54, 1.807) is 23.5 Å². The maximum Gasteiger partial charge on any atom is 0.357 e. The van der Waals surface area contributed by atoms with Crippen molar-refractivity contribution in [3.63, 3.8) is 0 Å². The van der Waals surface area contributed by atoms with Crippen LogP contribution in [0.4, 0.5) is 5.95 Å². The first kappa shape index (κ1) is 25.1. The van der Waals surface area contributed by atoms with Crippen LogP contribution >= 0.6 is 78.6 Å². The first-order valence-corrected chi connectivity index (χ1v) is 13.2. The number of halogens is 5. The summed E-state index contributed by atoms with van der Waals surface area (Å²) in [5.41, 5.74) is 8.78. The van der Waals surface area contributed by atoms with E-state index in [1.165, 1.54) is 0 Å². The Hall–Kier alpha value is -0.540. The van der Waals surface area contributed by atoms with E-state index in [0.717, 1.165) is 29.8 Å². The lowest BCUT2D eigenvalue weighted by Crippen LogP contribution is -3.00. The summed E-state index contributed by atoms with van der Waals surface area (Å²) in [7, 11) is 0. The Morgan fingerprint density at radius 1 is 0.871 bits per heavy atom. The van der Waals surface area contributed by atoms with Crippen molar-refractivity contribution in [3.05, 3.63) is 79.7 Å². The van der Waals surface area contributed by atoms with E-state index in [1.807, 2.05) is 48.5 Å². The lowest BCUT2D eigenvalue weighted by atomic mass is 10.3. The lowest BCUT2D eigenvalue weighted by Gasteiger charge is -2.06. The quantitative estimate of drug-likeness (QED) is 0.242. The molecule has 0 aliphatic heterocycles. The molecule has 0 amide bonds. The molecule has 162 valence electrons. The largest absolute Gasteiger partial charge is 1.00 e. The fourth-order valence-electron chi connectivity index (χ4n) is 3.03. The van der Waals surface area contributed by atoms with Gasteiger partial charge in [0, 0.05) is 28.8 Å². The summed E-state index contributed by atoms with van der Waals surface area (Å²) >= 11 is 22.9. The number of imidazole rings is 1. The molecule has 0 aliphatic rings. The first-order chi connectivity index (χ1) is 14.4. The molecule has 0 fully saturated rings. The Labute approximate surface area is 222 Å². The zero-order valence-electron chi connectivity index (χ0n) is 15.9. The molecule has 0 radical (unpaired) electrons. The van der Waals surface area contributed by atoms with Crippen LogP contribution in [0, 0.1) is 0 Å². The van der Waals surface area contributed by atoms with Crippen LogP contribution in [0.25, 0.3) is 11.0 Å². The molecule has 0 aliphatic carbocycles. The molecule has 4 rings (SSSR count). The van der Waals surface area contributed by atoms with Gasteiger partial charge < -0.3 is 12.4 Å². The monoisotopic (exact) mass is 637 g/mol. The van der Waals surface area contributed by atoms with Crippen molar-refractivity contribution in [2.45, 2.75) is 21.5 Å². The molecule has 0 atom stereocenters. The lowest BCUT2D eigenvalue weighted by molar-refractivity contribution is -0.635. The van der Waals surface area contributed by atoms with Gasteiger partial charge in [0.1, 0.15) is 22.8 Å². The number of benzene rings is 3. The number of para-hydroxylation sites is 2. The molecule has 1 heterocycles. The van der Waals surface area contributed by atoms with E-state index in [4.69, 9.17) is 28.9 Å². The van der Waals surface area contributed by atoms with Crippen molar-refractivity contribution >= 4 is 95.6 Å². The van der Waals surface area contributed by atoms with Crippen molar-refractivity contribution < 1.29 is 17.0 Å². The van der Waals surface area contributed by atoms with Gasteiger partial charge in [0.25, 0.3) is 0 Å². The molecular weight excluding hydrogens is 625 g/mol. The molecule has 0 unspecified atom stereocenters. The number of nitrogens with two attached hydrogens (primary N) is 1. The van der Waals surface area contributed by atoms with Gasteiger partial charge in [0.2, 0.25) is 0 Å². The van der Waals surface area contributed by atoms with Crippen molar-refractivity contribution in [3.8, 4) is 0 Å². The molecule has 4 aromatic rings. The third-order valence-electron chi connectivity index (χ3n) is 4.50. The molecule has 3 aromatic carbocycles. The number of fused-ring (bicyclic) bond motifs is 1. The van der Waals surface area contributed by atoms with Crippen LogP contribution in [-0.4, -0.2) is 4.57 Å². The smallest absolute Gasteiger partial charge is 0.357 e. The van der Waals surface area contributed by atoms with Crippen LogP contribution in [0.2, 0.25) is 10.0 Å². The Balaban J connectivity index is 0.00000272. The second-order valence-electron chi connectivity index (χ2n) is 6.40. The van der Waals surface area contributed by atoms with Gasteiger partial charge in [-0.15, -0.1) is 0 Å². The maximum atomic E-state index is 6.60. The molecule has 0 saturated heterocycles. The highest BCUT2D eigenvalue weighted by Crippen LogP contribution is 2.34. The Morgan fingerprint density at radius 3 is 2.10 bits per heavy atom. The highest BCUT2D eigenvalue weighted by molar-refractivity contribution is 9.10. The second-order valence-corrected chi connectivity index (χ2v) is 11.0. The normalized spacial score (nSPS) is 11.0. The number of thioether (sulfide) groups is 2. The molecule has 0 spiro atoms. The third-order valence-corrected chi connectivity index (χ3v) is 8.95.